The minimum absolute atomic E-state index is 0.601. The van der Waals surface area contributed by atoms with Gasteiger partial charge in [0.25, 0.3) is 0 Å². The van der Waals surface area contributed by atoms with Crippen LogP contribution >= 0.6 is 0 Å². The quantitative estimate of drug-likeness (QED) is 0.583. The molecule has 0 aliphatic heterocycles. The highest BCUT2D eigenvalue weighted by molar-refractivity contribution is 5.80. The Morgan fingerprint density at radius 3 is 3.00 bits per heavy atom. The molecule has 0 fully saturated rings. The van der Waals surface area contributed by atoms with Crippen molar-refractivity contribution in [1.29, 1.82) is 0 Å². The van der Waals surface area contributed by atoms with E-state index < -0.39 is 0 Å². The lowest BCUT2D eigenvalue weighted by Gasteiger charge is -2.03. The molecule has 0 unspecified atom stereocenters. The molecule has 1 aromatic carbocycles. The molecular formula is C12H13N3O. The van der Waals surface area contributed by atoms with Gasteiger partial charge in [0.2, 0.25) is 6.08 Å². The summed E-state index contributed by atoms with van der Waals surface area (Å²) in [6.07, 6.45) is 2.61. The molecule has 0 atom stereocenters. The molecule has 0 aliphatic carbocycles. The van der Waals surface area contributed by atoms with Crippen molar-refractivity contribution in [2.24, 2.45) is 4.99 Å². The molecule has 0 bridgehead atoms. The molecule has 0 aliphatic rings. The van der Waals surface area contributed by atoms with Crippen LogP contribution in [0.25, 0.3) is 11.0 Å². The van der Waals surface area contributed by atoms with Crippen molar-refractivity contribution in [3.05, 3.63) is 24.0 Å². The fourth-order valence-corrected chi connectivity index (χ4v) is 1.87. The minimum atomic E-state index is 0.601. The molecule has 1 heterocycles. The molecule has 0 saturated heterocycles. The summed E-state index contributed by atoms with van der Waals surface area (Å²) in [4.78, 5) is 18.2. The van der Waals surface area contributed by atoms with Crippen LogP contribution in [0, 0.1) is 6.92 Å². The SMILES string of the molecule is CCCn1c(C)nc2cc(N=C=O)ccc21. The fraction of sp³-hybridized carbons (Fsp3) is 0.333. The Bertz CT molecular complexity index is 565. The van der Waals surface area contributed by atoms with Gasteiger partial charge >= 0.3 is 0 Å². The number of hydrogen-bond donors (Lipinski definition) is 0. The summed E-state index contributed by atoms with van der Waals surface area (Å²) in [7, 11) is 0. The predicted octanol–water partition coefficient (Wildman–Crippen LogP) is 2.72. The summed E-state index contributed by atoms with van der Waals surface area (Å²) >= 11 is 0. The van der Waals surface area contributed by atoms with E-state index in [-0.39, 0.29) is 0 Å². The molecule has 2 rings (SSSR count). The molecule has 1 aromatic heterocycles. The molecule has 0 radical (unpaired) electrons. The van der Waals surface area contributed by atoms with E-state index in [2.05, 4.69) is 21.5 Å². The largest absolute Gasteiger partial charge is 0.328 e. The number of aryl methyl sites for hydroxylation is 2. The van der Waals surface area contributed by atoms with Crippen LogP contribution < -0.4 is 0 Å². The maximum atomic E-state index is 10.2. The Balaban J connectivity index is 2.60. The van der Waals surface area contributed by atoms with Crippen LogP contribution in [0.1, 0.15) is 19.2 Å². The van der Waals surface area contributed by atoms with Crippen LogP contribution in [0.4, 0.5) is 5.69 Å². The first kappa shape index (κ1) is 10.6. The zero-order valence-corrected chi connectivity index (χ0v) is 9.40. The van der Waals surface area contributed by atoms with E-state index in [1.807, 2.05) is 13.0 Å². The first-order chi connectivity index (χ1) is 7.76. The second-order valence-electron chi connectivity index (χ2n) is 3.69. The number of aromatic nitrogens is 2. The molecule has 0 N–H and O–H groups in total. The average molecular weight is 215 g/mol. The summed E-state index contributed by atoms with van der Waals surface area (Å²) in [6, 6.07) is 5.56. The zero-order valence-electron chi connectivity index (χ0n) is 9.40. The van der Waals surface area contributed by atoms with Gasteiger partial charge in [0, 0.05) is 6.54 Å². The van der Waals surface area contributed by atoms with E-state index in [1.54, 1.807) is 12.1 Å². The van der Waals surface area contributed by atoms with Gasteiger partial charge in [-0.15, -0.1) is 0 Å². The summed E-state index contributed by atoms with van der Waals surface area (Å²) in [6.45, 7) is 5.08. The number of isocyanates is 1. The van der Waals surface area contributed by atoms with Crippen molar-refractivity contribution in [3.63, 3.8) is 0 Å². The number of imidazole rings is 1. The topological polar surface area (TPSA) is 47.2 Å². The van der Waals surface area contributed by atoms with Gasteiger partial charge in [-0.2, -0.15) is 4.99 Å². The Kier molecular flexibility index (Phi) is 2.84. The number of benzene rings is 1. The number of aliphatic imine (C=N–C) groups is 1. The van der Waals surface area contributed by atoms with E-state index in [4.69, 9.17) is 0 Å². The van der Waals surface area contributed by atoms with Gasteiger partial charge in [-0.3, -0.25) is 0 Å². The van der Waals surface area contributed by atoms with Crippen molar-refractivity contribution in [3.8, 4) is 0 Å². The van der Waals surface area contributed by atoms with E-state index in [1.165, 1.54) is 6.08 Å². The Morgan fingerprint density at radius 1 is 1.50 bits per heavy atom. The van der Waals surface area contributed by atoms with Gasteiger partial charge in [-0.05, 0) is 31.5 Å². The molecule has 0 amide bonds. The predicted molar refractivity (Wildman–Crippen MR) is 62.5 cm³/mol. The van der Waals surface area contributed by atoms with Gasteiger partial charge in [0.15, 0.2) is 0 Å². The molecule has 0 spiro atoms. The second kappa shape index (κ2) is 4.29. The van der Waals surface area contributed by atoms with Crippen LogP contribution in [-0.4, -0.2) is 15.6 Å². The van der Waals surface area contributed by atoms with Crippen LogP contribution in [0.2, 0.25) is 0 Å². The fourth-order valence-electron chi connectivity index (χ4n) is 1.87. The number of nitrogens with zero attached hydrogens (tertiary/aromatic N) is 3. The Hall–Kier alpha value is -1.93. The summed E-state index contributed by atoms with van der Waals surface area (Å²) in [5, 5.41) is 0. The first-order valence-electron chi connectivity index (χ1n) is 5.31. The smallest absolute Gasteiger partial charge is 0.240 e. The van der Waals surface area contributed by atoms with Gasteiger partial charge < -0.3 is 4.57 Å². The highest BCUT2D eigenvalue weighted by Crippen LogP contribution is 2.21. The van der Waals surface area contributed by atoms with E-state index >= 15 is 0 Å². The van der Waals surface area contributed by atoms with Crippen molar-refractivity contribution in [2.75, 3.05) is 0 Å². The number of carbonyl (C=O) groups excluding carboxylic acids is 1. The second-order valence-corrected chi connectivity index (χ2v) is 3.69. The van der Waals surface area contributed by atoms with Gasteiger partial charge in [-0.1, -0.05) is 6.92 Å². The molecule has 16 heavy (non-hydrogen) atoms. The molecule has 4 heteroatoms. The lowest BCUT2D eigenvalue weighted by molar-refractivity contribution is 0.565. The lowest BCUT2D eigenvalue weighted by atomic mass is 10.3. The van der Waals surface area contributed by atoms with Crippen molar-refractivity contribution >= 4 is 22.8 Å². The minimum Gasteiger partial charge on any atom is -0.328 e. The van der Waals surface area contributed by atoms with Crippen LogP contribution in [-0.2, 0) is 11.3 Å². The molecule has 4 nitrogen and oxygen atoms in total. The third kappa shape index (κ3) is 1.75. The molecular weight excluding hydrogens is 202 g/mol. The van der Waals surface area contributed by atoms with Crippen LogP contribution in [0.5, 0.6) is 0 Å². The number of hydrogen-bond acceptors (Lipinski definition) is 3. The van der Waals surface area contributed by atoms with Gasteiger partial charge in [0.1, 0.15) is 5.82 Å². The van der Waals surface area contributed by atoms with Crippen molar-refractivity contribution in [1.82, 2.24) is 9.55 Å². The maximum absolute atomic E-state index is 10.2. The Labute approximate surface area is 93.6 Å². The maximum Gasteiger partial charge on any atom is 0.240 e. The molecule has 82 valence electrons. The van der Waals surface area contributed by atoms with Crippen LogP contribution in [0.15, 0.2) is 23.2 Å². The summed E-state index contributed by atoms with van der Waals surface area (Å²) in [5.41, 5.74) is 2.57. The third-order valence-corrected chi connectivity index (χ3v) is 2.54. The van der Waals surface area contributed by atoms with Crippen molar-refractivity contribution < 1.29 is 4.79 Å². The van der Waals surface area contributed by atoms with E-state index in [9.17, 15) is 4.79 Å². The Morgan fingerprint density at radius 2 is 2.31 bits per heavy atom. The van der Waals surface area contributed by atoms with Gasteiger partial charge in [-0.25, -0.2) is 9.78 Å². The monoisotopic (exact) mass is 215 g/mol. The zero-order chi connectivity index (χ0) is 11.5. The van der Waals surface area contributed by atoms with Crippen LogP contribution in [0.3, 0.4) is 0 Å². The number of rotatable bonds is 3. The molecule has 2 aromatic rings. The highest BCUT2D eigenvalue weighted by atomic mass is 16.1. The summed E-state index contributed by atoms with van der Waals surface area (Å²) in [5.74, 6) is 0.990. The van der Waals surface area contributed by atoms with E-state index in [0.29, 0.717) is 5.69 Å². The molecule has 0 saturated carbocycles. The number of fused-ring (bicyclic) bond motifs is 1. The third-order valence-electron chi connectivity index (χ3n) is 2.54. The first-order valence-corrected chi connectivity index (χ1v) is 5.31. The lowest BCUT2D eigenvalue weighted by Crippen LogP contribution is -1.98. The average Bonchev–Trinajstić information content (AvgIpc) is 2.56. The van der Waals surface area contributed by atoms with Crippen molar-refractivity contribution in [2.45, 2.75) is 26.8 Å². The van der Waals surface area contributed by atoms with Gasteiger partial charge in [0.05, 0.1) is 16.7 Å². The normalized spacial score (nSPS) is 10.4. The van der Waals surface area contributed by atoms with E-state index in [0.717, 1.165) is 29.8 Å². The summed E-state index contributed by atoms with van der Waals surface area (Å²) < 4.78 is 2.17. The standard InChI is InChI=1S/C12H13N3O/c1-3-6-15-9(2)14-11-7-10(13-8-16)4-5-12(11)15/h4-5,7H,3,6H2,1-2H3. The highest BCUT2D eigenvalue weighted by Gasteiger charge is 2.06.